The highest BCUT2D eigenvalue weighted by Gasteiger charge is 2.16. The summed E-state index contributed by atoms with van der Waals surface area (Å²) >= 11 is 5.38. The molecule has 0 radical (unpaired) electrons. The molecule has 0 atom stereocenters. The fourth-order valence-electron chi connectivity index (χ4n) is 1.53. The molecule has 0 aliphatic carbocycles. The topological polar surface area (TPSA) is 67.4 Å². The maximum Gasteiger partial charge on any atom is 0.255 e. The van der Waals surface area contributed by atoms with Crippen molar-refractivity contribution in [3.63, 3.8) is 0 Å². The Bertz CT molecular complexity index is 462. The summed E-state index contributed by atoms with van der Waals surface area (Å²) < 4.78 is 5.38. The van der Waals surface area contributed by atoms with Crippen molar-refractivity contribution in [3.8, 4) is 5.75 Å². The summed E-state index contributed by atoms with van der Waals surface area (Å²) in [7, 11) is 0. The quantitative estimate of drug-likeness (QED) is 0.774. The average Bonchev–Trinajstić information content (AvgIpc) is 2.52. The van der Waals surface area contributed by atoms with Gasteiger partial charge < -0.3 is 15.4 Å². The smallest absolute Gasteiger partial charge is 0.255 e. The van der Waals surface area contributed by atoms with E-state index in [1.54, 1.807) is 18.2 Å². The maximum absolute atomic E-state index is 11.7. The zero-order valence-electron chi connectivity index (χ0n) is 8.96. The van der Waals surface area contributed by atoms with E-state index in [4.69, 9.17) is 16.3 Å². The van der Waals surface area contributed by atoms with E-state index >= 15 is 0 Å². The van der Waals surface area contributed by atoms with Crippen LogP contribution in [0.3, 0.4) is 0 Å². The lowest BCUT2D eigenvalue weighted by atomic mass is 10.1. The van der Waals surface area contributed by atoms with E-state index in [1.165, 1.54) is 0 Å². The van der Waals surface area contributed by atoms with Gasteiger partial charge in [0.05, 0.1) is 12.1 Å². The molecule has 1 heterocycles. The number of rotatable bonds is 2. The molecule has 0 saturated heterocycles. The number of amides is 2. The van der Waals surface area contributed by atoms with Gasteiger partial charge in [-0.15, -0.1) is 11.6 Å². The predicted octanol–water partition coefficient (Wildman–Crippen LogP) is 0.986. The zero-order chi connectivity index (χ0) is 12.3. The van der Waals surface area contributed by atoms with Gasteiger partial charge in [-0.25, -0.2) is 0 Å². The van der Waals surface area contributed by atoms with E-state index in [-0.39, 0.29) is 17.7 Å². The number of hydrogen-bond acceptors (Lipinski definition) is 3. The molecule has 1 aliphatic heterocycles. The third-order valence-electron chi connectivity index (χ3n) is 2.27. The number of nitrogens with one attached hydrogen (secondary N) is 2. The summed E-state index contributed by atoms with van der Waals surface area (Å²) in [4.78, 5) is 22.8. The van der Waals surface area contributed by atoms with Gasteiger partial charge in [0.15, 0.2) is 0 Å². The van der Waals surface area contributed by atoms with E-state index in [1.807, 2.05) is 0 Å². The molecule has 5 nitrogen and oxygen atoms in total. The Labute approximate surface area is 103 Å². The summed E-state index contributed by atoms with van der Waals surface area (Å²) in [5.41, 5.74) is 0.935. The first-order chi connectivity index (χ1) is 8.20. The van der Waals surface area contributed by atoms with E-state index in [0.29, 0.717) is 30.2 Å². The number of benzene rings is 1. The summed E-state index contributed by atoms with van der Waals surface area (Å²) in [6, 6.07) is 4.90. The summed E-state index contributed by atoms with van der Waals surface area (Å²) in [6.07, 6.45) is 0. The Balaban J connectivity index is 2.28. The second kappa shape index (κ2) is 5.05. The van der Waals surface area contributed by atoms with Crippen LogP contribution < -0.4 is 15.4 Å². The van der Waals surface area contributed by atoms with Gasteiger partial charge in [-0.3, -0.25) is 9.59 Å². The molecule has 0 aromatic heterocycles. The maximum atomic E-state index is 11.7. The number of carbonyl (C=O) groups is 2. The van der Waals surface area contributed by atoms with Crippen molar-refractivity contribution >= 4 is 29.1 Å². The molecule has 0 bridgehead atoms. The second-order valence-electron chi connectivity index (χ2n) is 3.50. The summed E-state index contributed by atoms with van der Waals surface area (Å²) in [6.45, 7) is 0.906. The van der Waals surface area contributed by atoms with Crippen molar-refractivity contribution < 1.29 is 14.3 Å². The molecule has 2 rings (SSSR count). The molecule has 0 spiro atoms. The van der Waals surface area contributed by atoms with E-state index < -0.39 is 0 Å². The molecule has 1 aromatic carbocycles. The van der Waals surface area contributed by atoms with Crippen molar-refractivity contribution in [1.29, 1.82) is 0 Å². The van der Waals surface area contributed by atoms with Crippen LogP contribution in [0.1, 0.15) is 10.4 Å². The third-order valence-corrected chi connectivity index (χ3v) is 2.52. The molecular weight excluding hydrogens is 244 g/mol. The van der Waals surface area contributed by atoms with Gasteiger partial charge in [-0.1, -0.05) is 0 Å². The minimum Gasteiger partial charge on any atom is -0.491 e. The van der Waals surface area contributed by atoms with Crippen LogP contribution >= 0.6 is 11.6 Å². The Hall–Kier alpha value is -1.75. The molecule has 17 heavy (non-hydrogen) atoms. The van der Waals surface area contributed by atoms with Crippen molar-refractivity contribution in [3.05, 3.63) is 23.8 Å². The molecular formula is C11H11ClN2O3. The van der Waals surface area contributed by atoms with E-state index in [0.717, 1.165) is 0 Å². The monoisotopic (exact) mass is 254 g/mol. The predicted molar refractivity (Wildman–Crippen MR) is 63.6 cm³/mol. The molecule has 1 aromatic rings. The highest BCUT2D eigenvalue weighted by atomic mass is 35.5. The Morgan fingerprint density at radius 3 is 3.12 bits per heavy atom. The van der Waals surface area contributed by atoms with Crippen LogP contribution in [0.5, 0.6) is 5.75 Å². The number of hydrogen-bond donors (Lipinski definition) is 2. The molecule has 2 amide bonds. The molecule has 90 valence electrons. The van der Waals surface area contributed by atoms with Gasteiger partial charge >= 0.3 is 0 Å². The Morgan fingerprint density at radius 2 is 2.35 bits per heavy atom. The Kier molecular flexibility index (Phi) is 3.49. The minimum atomic E-state index is -0.318. The van der Waals surface area contributed by atoms with Gasteiger partial charge in [0, 0.05) is 5.69 Å². The number of anilines is 1. The first-order valence-corrected chi connectivity index (χ1v) is 5.65. The fourth-order valence-corrected chi connectivity index (χ4v) is 1.59. The molecule has 0 saturated carbocycles. The summed E-state index contributed by atoms with van der Waals surface area (Å²) in [5, 5.41) is 5.27. The van der Waals surface area contributed by atoms with Gasteiger partial charge in [-0.05, 0) is 18.2 Å². The van der Waals surface area contributed by atoms with Crippen LogP contribution in [0.2, 0.25) is 0 Å². The van der Waals surface area contributed by atoms with Crippen LogP contribution in [0.4, 0.5) is 5.69 Å². The van der Waals surface area contributed by atoms with Gasteiger partial charge in [-0.2, -0.15) is 0 Å². The molecule has 2 N–H and O–H groups in total. The van der Waals surface area contributed by atoms with Crippen LogP contribution in [-0.4, -0.2) is 30.8 Å². The van der Waals surface area contributed by atoms with Crippen molar-refractivity contribution in [2.75, 3.05) is 24.3 Å². The average molecular weight is 255 g/mol. The van der Waals surface area contributed by atoms with Crippen molar-refractivity contribution in [2.45, 2.75) is 0 Å². The lowest BCUT2D eigenvalue weighted by molar-refractivity contribution is -0.113. The number of alkyl halides is 1. The highest BCUT2D eigenvalue weighted by Crippen LogP contribution is 2.24. The SMILES string of the molecule is O=C(CCl)Nc1ccc2c(c1)C(=O)NCCO2. The first kappa shape index (κ1) is 11.7. The molecule has 0 fully saturated rings. The summed E-state index contributed by atoms with van der Waals surface area (Å²) in [5.74, 6) is -0.135. The molecule has 6 heteroatoms. The lowest BCUT2D eigenvalue weighted by Gasteiger charge is -2.08. The minimum absolute atomic E-state index is 0.125. The van der Waals surface area contributed by atoms with Crippen LogP contribution in [-0.2, 0) is 4.79 Å². The largest absolute Gasteiger partial charge is 0.491 e. The number of fused-ring (bicyclic) bond motifs is 1. The van der Waals surface area contributed by atoms with Gasteiger partial charge in [0.1, 0.15) is 18.2 Å². The fraction of sp³-hybridized carbons (Fsp3) is 0.273. The standard InChI is InChI=1S/C11H11ClN2O3/c12-6-10(15)14-7-1-2-9-8(5-7)11(16)13-3-4-17-9/h1-2,5H,3-4,6H2,(H,13,16)(H,14,15). The van der Waals surface area contributed by atoms with Crippen molar-refractivity contribution in [2.24, 2.45) is 0 Å². The third kappa shape index (κ3) is 2.68. The molecule has 1 aliphatic rings. The van der Waals surface area contributed by atoms with Gasteiger partial charge in [0.2, 0.25) is 5.91 Å². The van der Waals surface area contributed by atoms with Gasteiger partial charge in [0.25, 0.3) is 5.91 Å². The number of ether oxygens (including phenoxy) is 1. The Morgan fingerprint density at radius 1 is 1.53 bits per heavy atom. The number of carbonyl (C=O) groups excluding carboxylic acids is 2. The zero-order valence-corrected chi connectivity index (χ0v) is 9.71. The number of halogens is 1. The van der Waals surface area contributed by atoms with E-state index in [9.17, 15) is 9.59 Å². The normalized spacial score (nSPS) is 14.1. The van der Waals surface area contributed by atoms with E-state index in [2.05, 4.69) is 10.6 Å². The van der Waals surface area contributed by atoms with Crippen molar-refractivity contribution in [1.82, 2.24) is 5.32 Å². The lowest BCUT2D eigenvalue weighted by Crippen LogP contribution is -2.24. The second-order valence-corrected chi connectivity index (χ2v) is 3.76. The van der Waals surface area contributed by atoms with Crippen LogP contribution in [0.25, 0.3) is 0 Å². The molecule has 0 unspecified atom stereocenters. The van der Waals surface area contributed by atoms with Crippen LogP contribution in [0.15, 0.2) is 18.2 Å². The first-order valence-electron chi connectivity index (χ1n) is 5.11. The highest BCUT2D eigenvalue weighted by molar-refractivity contribution is 6.29. The van der Waals surface area contributed by atoms with Crippen LogP contribution in [0, 0.1) is 0 Å².